The minimum absolute atomic E-state index is 0.275. The molecule has 2 atom stereocenters. The maximum atomic E-state index is 12.5. The Morgan fingerprint density at radius 2 is 1.82 bits per heavy atom. The summed E-state index contributed by atoms with van der Waals surface area (Å²) in [5.41, 5.74) is 0.745. The molecular weight excluding hydrogens is 312 g/mol. The van der Waals surface area contributed by atoms with Crippen molar-refractivity contribution in [2.75, 3.05) is 11.9 Å². The van der Waals surface area contributed by atoms with E-state index in [1.165, 1.54) is 37.1 Å². The first kappa shape index (κ1) is 15.7. The molecule has 122 valence electrons. The van der Waals surface area contributed by atoms with Crippen molar-refractivity contribution in [3.63, 3.8) is 0 Å². The zero-order valence-corrected chi connectivity index (χ0v) is 12.9. The van der Waals surface area contributed by atoms with Gasteiger partial charge in [-0.1, -0.05) is 0 Å². The molecule has 1 saturated carbocycles. The number of rotatable bonds is 5. The molecular formula is C15H19F2NO3S. The lowest BCUT2D eigenvalue weighted by Crippen LogP contribution is -2.35. The normalized spacial score (nSPS) is 26.1. The molecule has 3 rings (SSSR count). The Kier molecular flexibility index (Phi) is 4.36. The number of halogens is 2. The van der Waals surface area contributed by atoms with E-state index >= 15 is 0 Å². The van der Waals surface area contributed by atoms with Gasteiger partial charge in [0.1, 0.15) is 0 Å². The fraction of sp³-hybridized carbons (Fsp3) is 0.600. The third-order valence-corrected chi connectivity index (χ3v) is 5.65. The molecule has 1 N–H and O–H groups in total. The summed E-state index contributed by atoms with van der Waals surface area (Å²) in [4.78, 5) is -0.351. The van der Waals surface area contributed by atoms with E-state index in [1.54, 1.807) is 0 Å². The first-order valence-corrected chi connectivity index (χ1v) is 9.01. The molecule has 0 bridgehead atoms. The molecule has 1 aromatic rings. The second kappa shape index (κ2) is 6.12. The Morgan fingerprint density at radius 3 is 2.41 bits per heavy atom. The van der Waals surface area contributed by atoms with Gasteiger partial charge in [-0.3, -0.25) is 0 Å². The van der Waals surface area contributed by atoms with Gasteiger partial charge >= 0.3 is 5.76 Å². The highest BCUT2D eigenvalue weighted by Crippen LogP contribution is 2.38. The Hall–Kier alpha value is -1.21. The van der Waals surface area contributed by atoms with Gasteiger partial charge in [-0.25, -0.2) is 8.42 Å². The van der Waals surface area contributed by atoms with Gasteiger partial charge in [0.05, 0.1) is 11.0 Å². The van der Waals surface area contributed by atoms with Crippen LogP contribution in [0.25, 0.3) is 0 Å². The fourth-order valence-electron chi connectivity index (χ4n) is 2.84. The van der Waals surface area contributed by atoms with Gasteiger partial charge in [0.2, 0.25) is 9.84 Å². The molecule has 2 unspecified atom stereocenters. The fourth-order valence-corrected chi connectivity index (χ4v) is 3.56. The average molecular weight is 331 g/mol. The van der Waals surface area contributed by atoms with Gasteiger partial charge in [0.15, 0.2) is 0 Å². The van der Waals surface area contributed by atoms with Crippen molar-refractivity contribution in [1.82, 2.24) is 0 Å². The van der Waals surface area contributed by atoms with Gasteiger partial charge in [-0.05, 0) is 55.9 Å². The van der Waals surface area contributed by atoms with Gasteiger partial charge < -0.3 is 10.1 Å². The van der Waals surface area contributed by atoms with E-state index in [9.17, 15) is 17.2 Å². The van der Waals surface area contributed by atoms with Gasteiger partial charge in [-0.2, -0.15) is 8.78 Å². The van der Waals surface area contributed by atoms with Crippen LogP contribution in [-0.4, -0.2) is 32.9 Å². The number of benzene rings is 1. The Balaban J connectivity index is 1.63. The van der Waals surface area contributed by atoms with Crippen LogP contribution in [0, 0.1) is 5.92 Å². The third-order valence-electron chi connectivity index (χ3n) is 4.25. The molecule has 4 nitrogen and oxygen atoms in total. The molecule has 0 spiro atoms. The van der Waals surface area contributed by atoms with E-state index < -0.39 is 15.6 Å². The van der Waals surface area contributed by atoms with Gasteiger partial charge in [0.25, 0.3) is 0 Å². The number of hydrogen-bond acceptors (Lipinski definition) is 4. The summed E-state index contributed by atoms with van der Waals surface area (Å²) < 4.78 is 53.5. The number of nitrogens with one attached hydrogen (secondary N) is 1. The quantitative estimate of drug-likeness (QED) is 0.901. The third kappa shape index (κ3) is 3.41. The van der Waals surface area contributed by atoms with Crippen LogP contribution in [-0.2, 0) is 14.6 Å². The summed E-state index contributed by atoms with van der Waals surface area (Å²) in [7, 11) is -4.52. The van der Waals surface area contributed by atoms with Crippen LogP contribution in [0.4, 0.5) is 14.5 Å². The summed E-state index contributed by atoms with van der Waals surface area (Å²) >= 11 is 0. The molecule has 0 aromatic heterocycles. The van der Waals surface area contributed by atoms with Crippen LogP contribution >= 0.6 is 0 Å². The number of anilines is 1. The smallest absolute Gasteiger partial charge is 0.341 e. The highest BCUT2D eigenvalue weighted by molar-refractivity contribution is 7.91. The molecule has 0 amide bonds. The second-order valence-corrected chi connectivity index (χ2v) is 7.86. The Morgan fingerprint density at radius 1 is 1.14 bits per heavy atom. The first-order chi connectivity index (χ1) is 10.5. The summed E-state index contributed by atoms with van der Waals surface area (Å²) in [6.07, 6.45) is 4.60. The van der Waals surface area contributed by atoms with Crippen molar-refractivity contribution in [3.8, 4) is 0 Å². The number of hydrogen-bond donors (Lipinski definition) is 1. The molecule has 7 heteroatoms. The van der Waals surface area contributed by atoms with Crippen LogP contribution in [0.15, 0.2) is 29.2 Å². The number of alkyl halides is 2. The van der Waals surface area contributed by atoms with Crippen molar-refractivity contribution < 1.29 is 21.9 Å². The van der Waals surface area contributed by atoms with E-state index in [4.69, 9.17) is 4.74 Å². The monoisotopic (exact) mass is 331 g/mol. The van der Waals surface area contributed by atoms with Crippen molar-refractivity contribution in [2.45, 2.75) is 48.5 Å². The van der Waals surface area contributed by atoms with E-state index in [0.717, 1.165) is 25.1 Å². The van der Waals surface area contributed by atoms with Gasteiger partial charge in [0, 0.05) is 18.3 Å². The van der Waals surface area contributed by atoms with E-state index in [2.05, 4.69) is 5.32 Å². The molecule has 1 aromatic carbocycles. The summed E-state index contributed by atoms with van der Waals surface area (Å²) in [5, 5.41) is 3.34. The summed E-state index contributed by atoms with van der Waals surface area (Å²) in [6.45, 7) is 0.719. The maximum absolute atomic E-state index is 12.5. The topological polar surface area (TPSA) is 55.4 Å². The Labute approximate surface area is 128 Å². The molecule has 0 radical (unpaired) electrons. The van der Waals surface area contributed by atoms with Crippen molar-refractivity contribution >= 4 is 15.5 Å². The zero-order valence-electron chi connectivity index (χ0n) is 12.0. The van der Waals surface area contributed by atoms with E-state index in [1.807, 2.05) is 0 Å². The second-order valence-electron chi connectivity index (χ2n) is 5.94. The van der Waals surface area contributed by atoms with Crippen LogP contribution in [0.2, 0.25) is 0 Å². The Bertz CT molecular complexity index is 614. The molecule has 2 fully saturated rings. The lowest BCUT2D eigenvalue weighted by Gasteiger charge is -2.31. The van der Waals surface area contributed by atoms with Gasteiger partial charge in [-0.15, -0.1) is 0 Å². The highest BCUT2D eigenvalue weighted by atomic mass is 32.2. The molecule has 22 heavy (non-hydrogen) atoms. The van der Waals surface area contributed by atoms with Crippen LogP contribution in [0.1, 0.15) is 25.7 Å². The molecule has 1 aliphatic carbocycles. The van der Waals surface area contributed by atoms with Crippen molar-refractivity contribution in [2.24, 2.45) is 5.92 Å². The summed E-state index contributed by atoms with van der Waals surface area (Å²) in [5.74, 6) is -2.70. The molecule has 1 saturated heterocycles. The first-order valence-electron chi connectivity index (χ1n) is 7.47. The minimum atomic E-state index is -4.52. The predicted molar refractivity (Wildman–Crippen MR) is 78.7 cm³/mol. The zero-order chi connectivity index (χ0) is 15.7. The lowest BCUT2D eigenvalue weighted by molar-refractivity contribution is -0.00218. The molecule has 1 heterocycles. The maximum Gasteiger partial charge on any atom is 0.341 e. The molecule has 2 aliphatic rings. The van der Waals surface area contributed by atoms with Crippen LogP contribution in [0.5, 0.6) is 0 Å². The molecule has 1 aliphatic heterocycles. The number of sulfone groups is 1. The standard InChI is InChI=1S/C15H19F2NO3S/c16-15(17)22(19,20)13-5-3-11(4-6-13)18-12-7-8-21-14(9-12)10-1-2-10/h3-6,10,12,14-15,18H,1-2,7-9H2. The van der Waals surface area contributed by atoms with E-state index in [0.29, 0.717) is 12.0 Å². The van der Waals surface area contributed by atoms with Crippen molar-refractivity contribution in [1.29, 1.82) is 0 Å². The lowest BCUT2D eigenvalue weighted by atomic mass is 10.00. The van der Waals surface area contributed by atoms with E-state index in [-0.39, 0.29) is 10.9 Å². The minimum Gasteiger partial charge on any atom is -0.382 e. The predicted octanol–water partition coefficient (Wildman–Crippen LogP) is 3.05. The van der Waals surface area contributed by atoms with Crippen molar-refractivity contribution in [3.05, 3.63) is 24.3 Å². The van der Waals surface area contributed by atoms with Crippen LogP contribution < -0.4 is 5.32 Å². The summed E-state index contributed by atoms with van der Waals surface area (Å²) in [6, 6.07) is 5.80. The highest BCUT2D eigenvalue weighted by Gasteiger charge is 2.35. The largest absolute Gasteiger partial charge is 0.382 e. The van der Waals surface area contributed by atoms with Crippen LogP contribution in [0.3, 0.4) is 0 Å². The SMILES string of the molecule is O=S(=O)(c1ccc(NC2CCOC(C3CC3)C2)cc1)C(F)F. The average Bonchev–Trinajstić information content (AvgIpc) is 3.32. The number of ether oxygens (including phenoxy) is 1.